The van der Waals surface area contributed by atoms with Crippen molar-refractivity contribution in [3.05, 3.63) is 29.8 Å². The minimum atomic E-state index is -0.929. The fraction of sp³-hybridized carbons (Fsp3) is 0.667. The van der Waals surface area contributed by atoms with E-state index < -0.39 is 11.2 Å². The number of carbonyl (C=O) groups is 1. The minimum absolute atomic E-state index is 0.0121. The van der Waals surface area contributed by atoms with Gasteiger partial charge in [0.05, 0.1) is 12.2 Å². The molecular weight excluding hydrogens is 330 g/mol. The van der Waals surface area contributed by atoms with E-state index in [1.165, 1.54) is 0 Å². The molecule has 0 radical (unpaired) electrons. The van der Waals surface area contributed by atoms with Crippen LogP contribution in [0, 0.1) is 0 Å². The second-order valence-corrected chi connectivity index (χ2v) is 8.53. The van der Waals surface area contributed by atoms with Crippen LogP contribution in [0.15, 0.2) is 24.3 Å². The summed E-state index contributed by atoms with van der Waals surface area (Å²) in [5.41, 5.74) is -0.559. The van der Waals surface area contributed by atoms with Crippen LogP contribution in [0.4, 0.5) is 4.79 Å². The first kappa shape index (κ1) is 19.0. The highest BCUT2D eigenvalue weighted by molar-refractivity contribution is 5.69. The molecule has 5 nitrogen and oxygen atoms in total. The molecule has 2 heterocycles. The monoisotopic (exact) mass is 361 g/mol. The summed E-state index contributed by atoms with van der Waals surface area (Å²) in [4.78, 5) is 14.6. The van der Waals surface area contributed by atoms with E-state index in [1.807, 2.05) is 56.9 Å². The van der Waals surface area contributed by atoms with Crippen molar-refractivity contribution < 1.29 is 19.4 Å². The van der Waals surface area contributed by atoms with Crippen LogP contribution in [0.5, 0.6) is 5.75 Å². The number of hydrogen-bond acceptors (Lipinski definition) is 4. The first-order valence-electron chi connectivity index (χ1n) is 9.69. The van der Waals surface area contributed by atoms with Gasteiger partial charge in [0.25, 0.3) is 0 Å². The van der Waals surface area contributed by atoms with Crippen molar-refractivity contribution in [1.82, 2.24) is 4.90 Å². The molecule has 3 rings (SSSR count). The number of fused-ring (bicyclic) bond motifs is 2. The first-order chi connectivity index (χ1) is 12.2. The van der Waals surface area contributed by atoms with Gasteiger partial charge in [-0.1, -0.05) is 12.1 Å². The predicted octanol–water partition coefficient (Wildman–Crippen LogP) is 4.22. The molecule has 5 heteroatoms. The van der Waals surface area contributed by atoms with Crippen LogP contribution in [-0.2, 0) is 10.3 Å². The molecule has 0 aromatic heterocycles. The predicted molar refractivity (Wildman–Crippen MR) is 100 cm³/mol. The van der Waals surface area contributed by atoms with Crippen LogP contribution in [0.25, 0.3) is 0 Å². The molecule has 1 N–H and O–H groups in total. The number of rotatable bonds is 3. The van der Waals surface area contributed by atoms with Crippen molar-refractivity contribution in [2.45, 2.75) is 83.1 Å². The molecule has 26 heavy (non-hydrogen) atoms. The number of ether oxygens (including phenoxy) is 2. The van der Waals surface area contributed by atoms with Gasteiger partial charge >= 0.3 is 6.09 Å². The van der Waals surface area contributed by atoms with Crippen molar-refractivity contribution in [3.63, 3.8) is 0 Å². The zero-order valence-corrected chi connectivity index (χ0v) is 16.3. The molecule has 2 unspecified atom stereocenters. The lowest BCUT2D eigenvalue weighted by molar-refractivity contribution is -0.0966. The smallest absolute Gasteiger partial charge is 0.410 e. The molecule has 2 saturated heterocycles. The molecule has 2 fully saturated rings. The largest absolute Gasteiger partial charge is 0.494 e. The van der Waals surface area contributed by atoms with Crippen LogP contribution in [-0.4, -0.2) is 40.4 Å². The van der Waals surface area contributed by atoms with E-state index >= 15 is 0 Å². The van der Waals surface area contributed by atoms with Crippen molar-refractivity contribution in [3.8, 4) is 5.75 Å². The summed E-state index contributed by atoms with van der Waals surface area (Å²) in [7, 11) is 0. The molecular formula is C21H31NO4. The third-order valence-corrected chi connectivity index (χ3v) is 5.29. The van der Waals surface area contributed by atoms with E-state index in [-0.39, 0.29) is 18.2 Å². The summed E-state index contributed by atoms with van der Waals surface area (Å²) in [6.45, 7) is 8.21. The highest BCUT2D eigenvalue weighted by atomic mass is 16.6. The van der Waals surface area contributed by atoms with Gasteiger partial charge < -0.3 is 19.5 Å². The normalized spacial score (nSPS) is 28.6. The van der Waals surface area contributed by atoms with Crippen LogP contribution in [0.2, 0.25) is 0 Å². The molecule has 2 bridgehead atoms. The maximum absolute atomic E-state index is 12.7. The van der Waals surface area contributed by atoms with E-state index in [0.29, 0.717) is 19.4 Å². The number of nitrogens with zero attached hydrogens (tertiary/aromatic N) is 1. The second kappa shape index (κ2) is 7.10. The van der Waals surface area contributed by atoms with E-state index in [1.54, 1.807) is 0 Å². The Morgan fingerprint density at radius 3 is 2.50 bits per heavy atom. The SMILES string of the molecule is CCOc1cccc(C2(O)CC3CCCC(C2)N3C(=O)OC(C)(C)C)c1. The van der Waals surface area contributed by atoms with E-state index in [9.17, 15) is 9.90 Å². The number of benzene rings is 1. The fourth-order valence-corrected chi connectivity index (χ4v) is 4.32. The Bertz CT molecular complexity index is 638. The number of aliphatic hydroxyl groups is 1. The molecule has 2 aliphatic heterocycles. The van der Waals surface area contributed by atoms with Crippen molar-refractivity contribution in [2.75, 3.05) is 6.61 Å². The summed E-state index contributed by atoms with van der Waals surface area (Å²) in [5, 5.41) is 11.4. The van der Waals surface area contributed by atoms with Crippen molar-refractivity contribution in [2.24, 2.45) is 0 Å². The van der Waals surface area contributed by atoms with Gasteiger partial charge in [0.1, 0.15) is 11.4 Å². The standard InChI is InChI=1S/C21H31NO4/c1-5-25-18-11-6-8-15(12-18)21(24)13-16-9-7-10-17(14-21)22(16)19(23)26-20(2,3)4/h6,8,11-12,16-17,24H,5,7,9-10,13-14H2,1-4H3. The fourth-order valence-electron chi connectivity index (χ4n) is 4.32. The zero-order valence-electron chi connectivity index (χ0n) is 16.3. The van der Waals surface area contributed by atoms with Gasteiger partial charge in [0.2, 0.25) is 0 Å². The molecule has 0 aliphatic carbocycles. The van der Waals surface area contributed by atoms with Gasteiger partial charge in [-0.2, -0.15) is 0 Å². The summed E-state index contributed by atoms with van der Waals surface area (Å²) in [6.07, 6.45) is 3.73. The average molecular weight is 361 g/mol. The quantitative estimate of drug-likeness (QED) is 0.875. The zero-order chi connectivity index (χ0) is 18.9. The van der Waals surface area contributed by atoms with Gasteiger partial charge in [-0.05, 0) is 64.7 Å². The summed E-state index contributed by atoms with van der Waals surface area (Å²) in [5.74, 6) is 0.776. The number of carbonyl (C=O) groups excluding carboxylic acids is 1. The first-order valence-corrected chi connectivity index (χ1v) is 9.69. The lowest BCUT2D eigenvalue weighted by atomic mass is 9.72. The Labute approximate surface area is 156 Å². The lowest BCUT2D eigenvalue weighted by Crippen LogP contribution is -2.59. The Hall–Kier alpha value is -1.75. The average Bonchev–Trinajstić information content (AvgIpc) is 2.53. The Kier molecular flexibility index (Phi) is 5.20. The van der Waals surface area contributed by atoms with Crippen LogP contribution in [0.1, 0.15) is 65.4 Å². The second-order valence-electron chi connectivity index (χ2n) is 8.53. The minimum Gasteiger partial charge on any atom is -0.494 e. The number of hydrogen-bond donors (Lipinski definition) is 1. The van der Waals surface area contributed by atoms with Gasteiger partial charge in [0.15, 0.2) is 0 Å². The Balaban J connectivity index is 1.82. The van der Waals surface area contributed by atoms with E-state index in [2.05, 4.69) is 0 Å². The van der Waals surface area contributed by atoms with Crippen LogP contribution in [0.3, 0.4) is 0 Å². The van der Waals surface area contributed by atoms with E-state index in [4.69, 9.17) is 9.47 Å². The molecule has 1 aromatic carbocycles. The Morgan fingerprint density at radius 1 is 1.27 bits per heavy atom. The van der Waals surface area contributed by atoms with Gasteiger partial charge in [-0.15, -0.1) is 0 Å². The third-order valence-electron chi connectivity index (χ3n) is 5.29. The van der Waals surface area contributed by atoms with E-state index in [0.717, 1.165) is 30.6 Å². The Morgan fingerprint density at radius 2 is 1.92 bits per heavy atom. The molecule has 1 aromatic rings. The highest BCUT2D eigenvalue weighted by Crippen LogP contribution is 2.45. The van der Waals surface area contributed by atoms with Crippen molar-refractivity contribution in [1.29, 1.82) is 0 Å². The maximum Gasteiger partial charge on any atom is 0.410 e. The van der Waals surface area contributed by atoms with Crippen molar-refractivity contribution >= 4 is 6.09 Å². The topological polar surface area (TPSA) is 59.0 Å². The van der Waals surface area contributed by atoms with Crippen LogP contribution >= 0.6 is 0 Å². The number of piperidine rings is 2. The maximum atomic E-state index is 12.7. The summed E-state index contributed by atoms with van der Waals surface area (Å²) in [6, 6.07) is 7.75. The molecule has 2 aliphatic rings. The highest BCUT2D eigenvalue weighted by Gasteiger charge is 2.49. The molecule has 1 amide bonds. The van der Waals surface area contributed by atoms with Gasteiger partial charge in [-0.3, -0.25) is 0 Å². The summed E-state index contributed by atoms with van der Waals surface area (Å²) < 4.78 is 11.2. The molecule has 0 spiro atoms. The van der Waals surface area contributed by atoms with Gasteiger partial charge in [0, 0.05) is 24.9 Å². The van der Waals surface area contributed by atoms with Gasteiger partial charge in [-0.25, -0.2) is 4.79 Å². The molecule has 0 saturated carbocycles. The van der Waals surface area contributed by atoms with Crippen LogP contribution < -0.4 is 4.74 Å². The molecule has 2 atom stereocenters. The number of amides is 1. The lowest BCUT2D eigenvalue weighted by Gasteiger charge is -2.51. The third kappa shape index (κ3) is 3.98. The summed E-state index contributed by atoms with van der Waals surface area (Å²) >= 11 is 0. The molecule has 144 valence electrons.